The van der Waals surface area contributed by atoms with E-state index in [2.05, 4.69) is 29.3 Å². The van der Waals surface area contributed by atoms with Crippen LogP contribution in [0.3, 0.4) is 0 Å². The molecule has 0 aliphatic heterocycles. The van der Waals surface area contributed by atoms with Gasteiger partial charge < -0.3 is 20.5 Å². The molecule has 2 unspecified atom stereocenters. The Bertz CT molecular complexity index is 887. The van der Waals surface area contributed by atoms with Crippen LogP contribution in [0.4, 0.5) is 4.79 Å². The molecule has 0 aromatic heterocycles. The molecule has 2 atom stereocenters. The van der Waals surface area contributed by atoms with Crippen LogP contribution in [0.5, 0.6) is 5.75 Å². The highest BCUT2D eigenvalue weighted by Gasteiger charge is 2.36. The van der Waals surface area contributed by atoms with Crippen LogP contribution in [0.1, 0.15) is 64.5 Å². The first-order valence-electron chi connectivity index (χ1n) is 11.0. The number of terminal acetylenes is 1. The maximum absolute atomic E-state index is 13.3. The van der Waals surface area contributed by atoms with Gasteiger partial charge in [-0.15, -0.1) is 0 Å². The summed E-state index contributed by atoms with van der Waals surface area (Å²) in [5.74, 6) is -1.27. The number of amides is 3. The van der Waals surface area contributed by atoms with Crippen molar-refractivity contribution in [3.05, 3.63) is 29.8 Å². The Labute approximate surface area is 200 Å². The molecule has 2 rings (SSSR count). The molecule has 0 saturated heterocycles. The Morgan fingerprint density at radius 2 is 1.94 bits per heavy atom. The smallest absolute Gasteiger partial charge is 0.408 e. The minimum Gasteiger partial charge on any atom is -0.508 e. The predicted octanol–water partition coefficient (Wildman–Crippen LogP) is 3.12. The Balaban J connectivity index is 2.31. The number of phenols is 1. The Kier molecular flexibility index (Phi) is 9.47. The second kappa shape index (κ2) is 11.8. The van der Waals surface area contributed by atoms with Crippen LogP contribution in [0.25, 0.3) is 0 Å². The van der Waals surface area contributed by atoms with Crippen molar-refractivity contribution in [2.75, 3.05) is 5.75 Å². The van der Waals surface area contributed by atoms with E-state index in [1.807, 2.05) is 0 Å². The number of hydrogen-bond acceptors (Lipinski definition) is 6. The average molecular weight is 476 g/mol. The molecule has 0 radical (unpaired) electrons. The normalized spacial score (nSPS) is 16.1. The van der Waals surface area contributed by atoms with Crippen LogP contribution in [-0.4, -0.2) is 51.4 Å². The summed E-state index contributed by atoms with van der Waals surface area (Å²) >= 11 is 4.18. The first-order chi connectivity index (χ1) is 15.6. The highest BCUT2D eigenvalue weighted by molar-refractivity contribution is 7.80. The molecule has 1 saturated carbocycles. The van der Waals surface area contributed by atoms with Crippen LogP contribution in [0.15, 0.2) is 24.3 Å². The van der Waals surface area contributed by atoms with E-state index in [-0.39, 0.29) is 17.5 Å². The van der Waals surface area contributed by atoms with Crippen molar-refractivity contribution in [3.8, 4) is 18.2 Å². The van der Waals surface area contributed by atoms with Crippen molar-refractivity contribution in [1.82, 2.24) is 15.5 Å². The maximum atomic E-state index is 13.3. The fourth-order valence-electron chi connectivity index (χ4n) is 3.71. The average Bonchev–Trinajstić information content (AvgIpc) is 2.74. The summed E-state index contributed by atoms with van der Waals surface area (Å²) in [6, 6.07) is 5.99. The zero-order chi connectivity index (χ0) is 24.6. The lowest BCUT2D eigenvalue weighted by atomic mass is 9.94. The van der Waals surface area contributed by atoms with Gasteiger partial charge in [-0.05, 0) is 51.3 Å². The Hall–Kier alpha value is -2.86. The topological polar surface area (TPSA) is 108 Å². The van der Waals surface area contributed by atoms with Crippen LogP contribution in [-0.2, 0) is 14.3 Å². The largest absolute Gasteiger partial charge is 0.508 e. The number of nitrogens with zero attached hydrogens (tertiary/aromatic N) is 1. The van der Waals surface area contributed by atoms with E-state index in [4.69, 9.17) is 11.2 Å². The molecule has 9 heteroatoms. The van der Waals surface area contributed by atoms with Crippen molar-refractivity contribution in [2.24, 2.45) is 0 Å². The summed E-state index contributed by atoms with van der Waals surface area (Å²) < 4.78 is 5.22. The quantitative estimate of drug-likeness (QED) is 0.275. The minimum absolute atomic E-state index is 0.0126. The number of ether oxygens (including phenoxy) is 1. The molecule has 3 amide bonds. The van der Waals surface area contributed by atoms with Gasteiger partial charge in [-0.3, -0.25) is 14.5 Å². The van der Waals surface area contributed by atoms with E-state index in [1.165, 1.54) is 12.1 Å². The van der Waals surface area contributed by atoms with E-state index in [1.54, 1.807) is 32.9 Å². The number of hydrogen-bond donors (Lipinski definition) is 4. The molecule has 0 bridgehead atoms. The number of phenolic OH excluding ortho intramolecular Hbond substituents is 1. The van der Waals surface area contributed by atoms with Gasteiger partial charge in [0.1, 0.15) is 23.4 Å². The molecular formula is C24H33N3O5S. The minimum atomic E-state index is -1.20. The number of alkyl carbamates (subject to hydrolysis) is 1. The molecule has 1 aliphatic carbocycles. The lowest BCUT2D eigenvalue weighted by Gasteiger charge is -2.32. The van der Waals surface area contributed by atoms with Gasteiger partial charge in [-0.2, -0.15) is 12.6 Å². The van der Waals surface area contributed by atoms with Crippen molar-refractivity contribution in [1.29, 1.82) is 0 Å². The molecule has 8 nitrogen and oxygen atoms in total. The first-order valence-corrected chi connectivity index (χ1v) is 11.7. The monoisotopic (exact) mass is 475 g/mol. The molecule has 0 heterocycles. The third kappa shape index (κ3) is 7.90. The molecule has 33 heavy (non-hydrogen) atoms. The molecule has 0 spiro atoms. The van der Waals surface area contributed by atoms with E-state index < -0.39 is 35.6 Å². The van der Waals surface area contributed by atoms with Crippen molar-refractivity contribution < 1.29 is 24.2 Å². The van der Waals surface area contributed by atoms with Crippen LogP contribution < -0.4 is 10.6 Å². The van der Waals surface area contributed by atoms with E-state index >= 15 is 0 Å². The van der Waals surface area contributed by atoms with Crippen molar-refractivity contribution >= 4 is 30.5 Å². The Morgan fingerprint density at radius 3 is 2.48 bits per heavy atom. The third-order valence-electron chi connectivity index (χ3n) is 5.19. The predicted molar refractivity (Wildman–Crippen MR) is 129 cm³/mol. The van der Waals surface area contributed by atoms with Crippen LogP contribution >= 0.6 is 12.6 Å². The summed E-state index contributed by atoms with van der Waals surface area (Å²) in [4.78, 5) is 39.8. The van der Waals surface area contributed by atoms with Gasteiger partial charge in [-0.25, -0.2) is 4.79 Å². The molecule has 180 valence electrons. The number of carbonyl (C=O) groups excluding carboxylic acids is 3. The standard InChI is InChI=1S/C24H33N3O5S/c1-5-27(22(30)19(15-33)26-23(31)32-24(2,3)4)20(16-10-9-13-18(28)14-16)21(29)25-17-11-7-6-8-12-17/h1,9-10,13-14,17,19-20,28,33H,6-8,11-12,15H2,2-4H3,(H,25,29)(H,26,31). The third-order valence-corrected chi connectivity index (χ3v) is 5.56. The molecule has 1 aliphatic rings. The molecule has 1 aromatic rings. The second-order valence-corrected chi connectivity index (χ2v) is 9.42. The van der Waals surface area contributed by atoms with Gasteiger partial charge in [0.25, 0.3) is 5.91 Å². The number of nitrogens with one attached hydrogen (secondary N) is 2. The highest BCUT2D eigenvalue weighted by atomic mass is 32.1. The molecule has 3 N–H and O–H groups in total. The van der Waals surface area contributed by atoms with Gasteiger partial charge in [0, 0.05) is 17.8 Å². The molecule has 1 fully saturated rings. The van der Waals surface area contributed by atoms with Crippen LogP contribution in [0.2, 0.25) is 0 Å². The lowest BCUT2D eigenvalue weighted by Crippen LogP contribution is -2.53. The highest BCUT2D eigenvalue weighted by Crippen LogP contribution is 2.26. The molecule has 1 aromatic carbocycles. The summed E-state index contributed by atoms with van der Waals surface area (Å²) in [6.07, 6.45) is 9.74. The first kappa shape index (κ1) is 26.4. The van der Waals surface area contributed by atoms with Crippen molar-refractivity contribution in [3.63, 3.8) is 0 Å². The van der Waals surface area contributed by atoms with E-state index in [9.17, 15) is 19.5 Å². The second-order valence-electron chi connectivity index (χ2n) is 9.06. The van der Waals surface area contributed by atoms with Gasteiger partial charge in [0.2, 0.25) is 5.91 Å². The van der Waals surface area contributed by atoms with Crippen molar-refractivity contribution in [2.45, 2.75) is 76.6 Å². The van der Waals surface area contributed by atoms with Crippen LogP contribution in [0, 0.1) is 12.5 Å². The maximum Gasteiger partial charge on any atom is 0.408 e. The number of carbonyl (C=O) groups is 3. The van der Waals surface area contributed by atoms with Gasteiger partial charge >= 0.3 is 6.09 Å². The summed E-state index contributed by atoms with van der Waals surface area (Å²) in [5.41, 5.74) is -0.408. The fourth-order valence-corrected chi connectivity index (χ4v) is 3.96. The Morgan fingerprint density at radius 1 is 1.27 bits per heavy atom. The SMILES string of the molecule is C#CN(C(=O)C(CS)NC(=O)OC(C)(C)C)C(C(=O)NC1CCCCC1)c1cccc(O)c1. The van der Waals surface area contributed by atoms with E-state index in [0.717, 1.165) is 37.0 Å². The molecular weight excluding hydrogens is 442 g/mol. The zero-order valence-corrected chi connectivity index (χ0v) is 20.2. The summed E-state index contributed by atoms with van der Waals surface area (Å²) in [6.45, 7) is 5.10. The summed E-state index contributed by atoms with van der Waals surface area (Å²) in [5, 5.41) is 15.4. The number of rotatable bonds is 7. The fraction of sp³-hybridized carbons (Fsp3) is 0.542. The lowest BCUT2D eigenvalue weighted by molar-refractivity contribution is -0.138. The zero-order valence-electron chi connectivity index (χ0n) is 19.3. The summed E-state index contributed by atoms with van der Waals surface area (Å²) in [7, 11) is 0. The number of benzene rings is 1. The number of aromatic hydroxyl groups is 1. The van der Waals surface area contributed by atoms with Gasteiger partial charge in [-0.1, -0.05) is 37.8 Å². The van der Waals surface area contributed by atoms with Gasteiger partial charge in [0.15, 0.2) is 0 Å². The van der Waals surface area contributed by atoms with E-state index in [0.29, 0.717) is 5.56 Å². The van der Waals surface area contributed by atoms with Gasteiger partial charge in [0.05, 0.1) is 0 Å². The number of thiol groups is 1.